The molecule has 0 spiro atoms. The van der Waals surface area contributed by atoms with Crippen LogP contribution in [-0.2, 0) is 4.79 Å². The summed E-state index contributed by atoms with van der Waals surface area (Å²) in [6.45, 7) is -0.544. The Labute approximate surface area is 82.3 Å². The van der Waals surface area contributed by atoms with Gasteiger partial charge in [0, 0.05) is 0 Å². The summed E-state index contributed by atoms with van der Waals surface area (Å²) >= 11 is 0. The third kappa shape index (κ3) is 3.12. The van der Waals surface area contributed by atoms with Gasteiger partial charge in [-0.25, -0.2) is 0 Å². The van der Waals surface area contributed by atoms with E-state index in [1.165, 1.54) is 6.08 Å². The minimum Gasteiger partial charge on any atom is -0.393 e. The van der Waals surface area contributed by atoms with Crippen molar-refractivity contribution in [2.75, 3.05) is 6.61 Å². The molecule has 0 saturated heterocycles. The van der Waals surface area contributed by atoms with Crippen molar-refractivity contribution in [2.24, 2.45) is 0 Å². The lowest BCUT2D eigenvalue weighted by Crippen LogP contribution is -2.21. The monoisotopic (exact) mass is 192 g/mol. The topological polar surface area (TPSA) is 57.5 Å². The molecule has 0 aliphatic carbocycles. The molecule has 0 aliphatic heterocycles. The molecule has 2 N–H and O–H groups in total. The number of aliphatic hydroxyl groups excluding tert-OH is 2. The maximum atomic E-state index is 11.1. The van der Waals surface area contributed by atoms with Gasteiger partial charge in [0.1, 0.15) is 6.10 Å². The highest BCUT2D eigenvalue weighted by atomic mass is 16.3. The van der Waals surface area contributed by atoms with Crippen molar-refractivity contribution in [3.8, 4) is 0 Å². The molecule has 3 heteroatoms. The fraction of sp³-hybridized carbons (Fsp3) is 0.182. The van der Waals surface area contributed by atoms with E-state index in [4.69, 9.17) is 10.2 Å². The smallest absolute Gasteiger partial charge is 0.186 e. The van der Waals surface area contributed by atoms with E-state index in [0.29, 0.717) is 0 Å². The fourth-order valence-corrected chi connectivity index (χ4v) is 0.944. The van der Waals surface area contributed by atoms with E-state index in [9.17, 15) is 4.79 Å². The molecular weight excluding hydrogens is 180 g/mol. The van der Waals surface area contributed by atoms with Crippen molar-refractivity contribution in [2.45, 2.75) is 6.10 Å². The predicted octanol–water partition coefficient (Wildman–Crippen LogP) is 0.622. The minimum atomic E-state index is -1.31. The molecule has 0 fully saturated rings. The number of carbonyl (C=O) groups excluding carboxylic acids is 1. The second kappa shape index (κ2) is 5.32. The first kappa shape index (κ1) is 10.6. The number of carbonyl (C=O) groups is 1. The van der Waals surface area contributed by atoms with Crippen LogP contribution in [0.2, 0.25) is 0 Å². The fourth-order valence-electron chi connectivity index (χ4n) is 0.944. The first-order chi connectivity index (χ1) is 6.74. The molecule has 0 aromatic heterocycles. The van der Waals surface area contributed by atoms with E-state index in [0.717, 1.165) is 5.56 Å². The van der Waals surface area contributed by atoms with Crippen LogP contribution in [0.4, 0.5) is 0 Å². The third-order valence-electron chi connectivity index (χ3n) is 1.74. The maximum absolute atomic E-state index is 11.1. The van der Waals surface area contributed by atoms with Gasteiger partial charge in [0.15, 0.2) is 5.78 Å². The molecule has 1 aromatic carbocycles. The highest BCUT2D eigenvalue weighted by Gasteiger charge is 2.08. The Kier molecular flexibility index (Phi) is 4.04. The van der Waals surface area contributed by atoms with Gasteiger partial charge in [0.05, 0.1) is 6.61 Å². The van der Waals surface area contributed by atoms with Crippen LogP contribution in [0.1, 0.15) is 5.56 Å². The zero-order valence-electron chi connectivity index (χ0n) is 7.63. The lowest BCUT2D eigenvalue weighted by Gasteiger charge is -2.00. The van der Waals surface area contributed by atoms with E-state index in [1.807, 2.05) is 30.3 Å². The first-order valence-electron chi connectivity index (χ1n) is 4.30. The Morgan fingerprint density at radius 2 is 2.00 bits per heavy atom. The molecular formula is C11H12O3. The molecule has 0 amide bonds. The largest absolute Gasteiger partial charge is 0.393 e. The number of hydrogen-bond acceptors (Lipinski definition) is 3. The number of hydrogen-bond donors (Lipinski definition) is 2. The van der Waals surface area contributed by atoms with Crippen LogP contribution in [-0.4, -0.2) is 28.7 Å². The molecule has 0 saturated carbocycles. The zero-order chi connectivity index (χ0) is 10.4. The molecule has 1 aromatic rings. The van der Waals surface area contributed by atoms with E-state index in [-0.39, 0.29) is 0 Å². The predicted molar refractivity (Wildman–Crippen MR) is 53.6 cm³/mol. The Balaban J connectivity index is 2.61. The maximum Gasteiger partial charge on any atom is 0.186 e. The lowest BCUT2D eigenvalue weighted by atomic mass is 10.1. The van der Waals surface area contributed by atoms with E-state index >= 15 is 0 Å². The second-order valence-corrected chi connectivity index (χ2v) is 2.84. The van der Waals surface area contributed by atoms with Crippen molar-refractivity contribution >= 4 is 11.9 Å². The Morgan fingerprint density at radius 3 is 2.57 bits per heavy atom. The molecule has 0 radical (unpaired) electrons. The Morgan fingerprint density at radius 1 is 1.36 bits per heavy atom. The van der Waals surface area contributed by atoms with Crippen molar-refractivity contribution in [1.29, 1.82) is 0 Å². The normalized spacial score (nSPS) is 13.0. The highest BCUT2D eigenvalue weighted by molar-refractivity contribution is 5.96. The minimum absolute atomic E-state index is 0.489. The van der Waals surface area contributed by atoms with Crippen LogP contribution in [0.25, 0.3) is 6.08 Å². The second-order valence-electron chi connectivity index (χ2n) is 2.84. The van der Waals surface area contributed by atoms with Gasteiger partial charge in [0.2, 0.25) is 0 Å². The molecule has 0 heterocycles. The van der Waals surface area contributed by atoms with E-state index < -0.39 is 18.5 Å². The molecule has 3 nitrogen and oxygen atoms in total. The van der Waals surface area contributed by atoms with Crippen LogP contribution in [0.5, 0.6) is 0 Å². The SMILES string of the molecule is O=C(C=Cc1ccccc1)C(O)CO. The van der Waals surface area contributed by atoms with Gasteiger partial charge in [-0.15, -0.1) is 0 Å². The van der Waals surface area contributed by atoms with Gasteiger partial charge in [0.25, 0.3) is 0 Å². The van der Waals surface area contributed by atoms with Gasteiger partial charge in [-0.1, -0.05) is 36.4 Å². The van der Waals surface area contributed by atoms with Crippen LogP contribution >= 0.6 is 0 Å². The van der Waals surface area contributed by atoms with Crippen LogP contribution in [0, 0.1) is 0 Å². The van der Waals surface area contributed by atoms with E-state index in [1.54, 1.807) is 6.08 Å². The highest BCUT2D eigenvalue weighted by Crippen LogP contribution is 2.01. The number of ketones is 1. The molecule has 14 heavy (non-hydrogen) atoms. The number of benzene rings is 1. The van der Waals surface area contributed by atoms with Gasteiger partial charge < -0.3 is 10.2 Å². The molecule has 0 bridgehead atoms. The quantitative estimate of drug-likeness (QED) is 0.688. The average Bonchev–Trinajstić information content (AvgIpc) is 2.26. The summed E-state index contributed by atoms with van der Waals surface area (Å²) in [5.74, 6) is -0.489. The molecule has 1 rings (SSSR count). The lowest BCUT2D eigenvalue weighted by molar-refractivity contribution is -0.123. The van der Waals surface area contributed by atoms with Gasteiger partial charge in [-0.2, -0.15) is 0 Å². The van der Waals surface area contributed by atoms with Crippen molar-refractivity contribution in [3.63, 3.8) is 0 Å². The first-order valence-corrected chi connectivity index (χ1v) is 4.30. The number of aliphatic hydroxyl groups is 2. The summed E-state index contributed by atoms with van der Waals surface area (Å²) in [5.41, 5.74) is 0.881. The van der Waals surface area contributed by atoms with Gasteiger partial charge >= 0.3 is 0 Å². The van der Waals surface area contributed by atoms with Crippen LogP contribution < -0.4 is 0 Å². The zero-order valence-corrected chi connectivity index (χ0v) is 7.63. The third-order valence-corrected chi connectivity index (χ3v) is 1.74. The van der Waals surface area contributed by atoms with Crippen LogP contribution in [0.3, 0.4) is 0 Å². The van der Waals surface area contributed by atoms with Gasteiger partial charge in [-0.3, -0.25) is 4.79 Å². The standard InChI is InChI=1S/C11H12O3/c12-8-11(14)10(13)7-6-9-4-2-1-3-5-9/h1-7,11-12,14H,8H2. The van der Waals surface area contributed by atoms with Gasteiger partial charge in [-0.05, 0) is 11.6 Å². The van der Waals surface area contributed by atoms with Crippen molar-refractivity contribution < 1.29 is 15.0 Å². The summed E-state index contributed by atoms with van der Waals surface area (Å²) in [7, 11) is 0. The number of rotatable bonds is 4. The van der Waals surface area contributed by atoms with E-state index in [2.05, 4.69) is 0 Å². The summed E-state index contributed by atoms with van der Waals surface area (Å²) < 4.78 is 0. The Bertz CT molecular complexity index is 317. The summed E-state index contributed by atoms with van der Waals surface area (Å²) in [4.78, 5) is 11.1. The summed E-state index contributed by atoms with van der Waals surface area (Å²) in [6, 6.07) is 9.27. The molecule has 0 aliphatic rings. The Hall–Kier alpha value is -1.45. The van der Waals surface area contributed by atoms with Crippen molar-refractivity contribution in [3.05, 3.63) is 42.0 Å². The molecule has 74 valence electrons. The molecule has 1 atom stereocenters. The summed E-state index contributed by atoms with van der Waals surface area (Å²) in [6.07, 6.45) is 1.55. The molecule has 1 unspecified atom stereocenters. The average molecular weight is 192 g/mol. The van der Waals surface area contributed by atoms with Crippen LogP contribution in [0.15, 0.2) is 36.4 Å². The van der Waals surface area contributed by atoms with Crippen molar-refractivity contribution in [1.82, 2.24) is 0 Å². The summed E-state index contributed by atoms with van der Waals surface area (Å²) in [5, 5.41) is 17.5.